The fourth-order valence-electron chi connectivity index (χ4n) is 3.01. The molecule has 0 saturated heterocycles. The molecule has 0 aromatic heterocycles. The average Bonchev–Trinajstić information content (AvgIpc) is 2.49. The normalized spacial score (nSPS) is 17.2. The van der Waals surface area contributed by atoms with Crippen LogP contribution in [0.25, 0.3) is 0 Å². The van der Waals surface area contributed by atoms with Crippen LogP contribution in [0.4, 0.5) is 10.1 Å². The Labute approximate surface area is 124 Å². The topological polar surface area (TPSA) is 27.0 Å². The molecule has 3 rings (SSSR count). The van der Waals surface area contributed by atoms with Crippen LogP contribution >= 0.6 is 0 Å². The predicted octanol–water partition coefficient (Wildman–Crippen LogP) is 3.90. The Kier molecular flexibility index (Phi) is 3.62. The third-order valence-corrected chi connectivity index (χ3v) is 3.98. The highest BCUT2D eigenvalue weighted by Gasteiger charge is 2.22. The van der Waals surface area contributed by atoms with Gasteiger partial charge in [-0.25, -0.2) is 4.39 Å². The predicted molar refractivity (Wildman–Crippen MR) is 81.5 cm³/mol. The highest BCUT2D eigenvalue weighted by atomic mass is 19.1. The molecular formula is C18H17FN2. The van der Waals surface area contributed by atoms with Gasteiger partial charge < -0.3 is 4.90 Å². The number of para-hydroxylation sites is 1. The number of hydrogen-bond donors (Lipinski definition) is 0. The lowest BCUT2D eigenvalue weighted by molar-refractivity contribution is 0.522. The second-order valence-corrected chi connectivity index (χ2v) is 5.74. The van der Waals surface area contributed by atoms with Crippen molar-refractivity contribution in [2.45, 2.75) is 19.9 Å². The van der Waals surface area contributed by atoms with E-state index in [-0.39, 0.29) is 5.82 Å². The van der Waals surface area contributed by atoms with Gasteiger partial charge in [0.15, 0.2) is 0 Å². The van der Waals surface area contributed by atoms with Crippen LogP contribution in [-0.4, -0.2) is 6.54 Å². The first-order valence-corrected chi connectivity index (χ1v) is 7.18. The molecular weight excluding hydrogens is 263 g/mol. The van der Waals surface area contributed by atoms with Crippen molar-refractivity contribution in [3.8, 4) is 6.07 Å². The molecule has 1 heterocycles. The van der Waals surface area contributed by atoms with Crippen LogP contribution in [0.1, 0.15) is 23.6 Å². The quantitative estimate of drug-likeness (QED) is 0.834. The zero-order valence-electron chi connectivity index (χ0n) is 12.0. The third kappa shape index (κ3) is 2.75. The standard InChI is InChI=1S/C18H17FN2/c1-13-8-15-4-2-3-5-18(15)21(11-13)12-16-7-6-14(10-20)9-17(16)19/h2-7,9,13H,8,11-12H2,1H3. The van der Waals surface area contributed by atoms with Crippen LogP contribution in [0.2, 0.25) is 0 Å². The van der Waals surface area contributed by atoms with Gasteiger partial charge in [0.25, 0.3) is 0 Å². The smallest absolute Gasteiger partial charge is 0.129 e. The van der Waals surface area contributed by atoms with Gasteiger partial charge >= 0.3 is 0 Å². The summed E-state index contributed by atoms with van der Waals surface area (Å²) in [7, 11) is 0. The van der Waals surface area contributed by atoms with Crippen LogP contribution in [0.5, 0.6) is 0 Å². The van der Waals surface area contributed by atoms with Crippen molar-refractivity contribution in [3.05, 3.63) is 65.0 Å². The summed E-state index contributed by atoms with van der Waals surface area (Å²) in [6, 6.07) is 15.0. The van der Waals surface area contributed by atoms with Crippen molar-refractivity contribution in [2.75, 3.05) is 11.4 Å². The number of hydrogen-bond acceptors (Lipinski definition) is 2. The maximum Gasteiger partial charge on any atom is 0.129 e. The molecule has 2 aromatic rings. The second-order valence-electron chi connectivity index (χ2n) is 5.74. The minimum absolute atomic E-state index is 0.301. The molecule has 0 N–H and O–H groups in total. The molecule has 1 aliphatic rings. The number of anilines is 1. The second kappa shape index (κ2) is 5.57. The van der Waals surface area contributed by atoms with Crippen molar-refractivity contribution in [3.63, 3.8) is 0 Å². The molecule has 1 atom stereocenters. The summed E-state index contributed by atoms with van der Waals surface area (Å²) < 4.78 is 14.1. The first-order valence-electron chi connectivity index (χ1n) is 7.18. The van der Waals surface area contributed by atoms with E-state index in [1.165, 1.54) is 17.3 Å². The molecule has 2 nitrogen and oxygen atoms in total. The molecule has 3 heteroatoms. The van der Waals surface area contributed by atoms with E-state index in [1.54, 1.807) is 12.1 Å². The van der Waals surface area contributed by atoms with Crippen molar-refractivity contribution in [2.24, 2.45) is 5.92 Å². The summed E-state index contributed by atoms with van der Waals surface area (Å²) >= 11 is 0. The Balaban J connectivity index is 1.90. The van der Waals surface area contributed by atoms with Crippen molar-refractivity contribution >= 4 is 5.69 Å². The minimum atomic E-state index is -0.301. The van der Waals surface area contributed by atoms with Crippen molar-refractivity contribution in [1.29, 1.82) is 5.26 Å². The number of nitriles is 1. The molecule has 0 saturated carbocycles. The monoisotopic (exact) mass is 280 g/mol. The molecule has 1 aliphatic heterocycles. The Morgan fingerprint density at radius 2 is 2.10 bits per heavy atom. The minimum Gasteiger partial charge on any atom is -0.367 e. The van der Waals surface area contributed by atoms with Crippen molar-refractivity contribution < 1.29 is 4.39 Å². The first-order chi connectivity index (χ1) is 10.2. The Morgan fingerprint density at radius 1 is 1.29 bits per heavy atom. The van der Waals surface area contributed by atoms with Crippen LogP contribution in [0, 0.1) is 23.1 Å². The molecule has 0 bridgehead atoms. The van der Waals surface area contributed by atoms with E-state index in [4.69, 9.17) is 5.26 Å². The van der Waals surface area contributed by atoms with Gasteiger partial charge in [-0.1, -0.05) is 31.2 Å². The molecule has 0 amide bonds. The average molecular weight is 280 g/mol. The van der Waals surface area contributed by atoms with Crippen LogP contribution < -0.4 is 4.90 Å². The Hall–Kier alpha value is -2.34. The van der Waals surface area contributed by atoms with Gasteiger partial charge in [-0.05, 0) is 36.1 Å². The lowest BCUT2D eigenvalue weighted by atomic mass is 9.93. The Bertz CT molecular complexity index is 703. The van der Waals surface area contributed by atoms with E-state index in [1.807, 2.05) is 12.1 Å². The first kappa shape index (κ1) is 13.6. The zero-order valence-corrected chi connectivity index (χ0v) is 12.0. The van der Waals surface area contributed by atoms with Gasteiger partial charge in [-0.2, -0.15) is 5.26 Å². The van der Waals surface area contributed by atoms with Gasteiger partial charge in [0.2, 0.25) is 0 Å². The highest BCUT2D eigenvalue weighted by molar-refractivity contribution is 5.56. The summed E-state index contributed by atoms with van der Waals surface area (Å²) in [5.74, 6) is 0.256. The fraction of sp³-hybridized carbons (Fsp3) is 0.278. The molecule has 0 fully saturated rings. The Morgan fingerprint density at radius 3 is 2.86 bits per heavy atom. The molecule has 0 radical (unpaired) electrons. The van der Waals surface area contributed by atoms with E-state index < -0.39 is 0 Å². The van der Waals surface area contributed by atoms with Crippen LogP contribution in [-0.2, 0) is 13.0 Å². The van der Waals surface area contributed by atoms with Gasteiger partial charge in [0.1, 0.15) is 5.82 Å². The van der Waals surface area contributed by atoms with Gasteiger partial charge in [0, 0.05) is 24.3 Å². The number of benzene rings is 2. The van der Waals surface area contributed by atoms with E-state index >= 15 is 0 Å². The summed E-state index contributed by atoms with van der Waals surface area (Å²) in [6.45, 7) is 3.69. The SMILES string of the molecule is CC1Cc2ccccc2N(Cc2ccc(C#N)cc2F)C1. The van der Waals surface area contributed by atoms with Gasteiger partial charge in [-0.15, -0.1) is 0 Å². The lowest BCUT2D eigenvalue weighted by Crippen LogP contribution is -2.34. The van der Waals surface area contributed by atoms with Crippen LogP contribution in [0.15, 0.2) is 42.5 Å². The summed E-state index contributed by atoms with van der Waals surface area (Å²) in [6.07, 6.45) is 1.07. The molecule has 0 spiro atoms. The molecule has 21 heavy (non-hydrogen) atoms. The highest BCUT2D eigenvalue weighted by Crippen LogP contribution is 2.30. The summed E-state index contributed by atoms with van der Waals surface area (Å²) in [5.41, 5.74) is 3.52. The lowest BCUT2D eigenvalue weighted by Gasteiger charge is -2.35. The van der Waals surface area contributed by atoms with Crippen LogP contribution in [0.3, 0.4) is 0 Å². The molecule has 106 valence electrons. The molecule has 1 unspecified atom stereocenters. The van der Waals surface area contributed by atoms with E-state index in [0.29, 0.717) is 23.6 Å². The van der Waals surface area contributed by atoms with Crippen molar-refractivity contribution in [1.82, 2.24) is 0 Å². The van der Waals surface area contributed by atoms with E-state index in [2.05, 4.69) is 30.0 Å². The third-order valence-electron chi connectivity index (χ3n) is 3.98. The maximum absolute atomic E-state index is 14.1. The van der Waals surface area contributed by atoms with E-state index in [9.17, 15) is 4.39 Å². The number of nitrogens with zero attached hydrogens (tertiary/aromatic N) is 2. The van der Waals surface area contributed by atoms with Gasteiger partial charge in [0.05, 0.1) is 11.6 Å². The van der Waals surface area contributed by atoms with Gasteiger partial charge in [-0.3, -0.25) is 0 Å². The molecule has 0 aliphatic carbocycles. The number of rotatable bonds is 2. The zero-order chi connectivity index (χ0) is 14.8. The summed E-state index contributed by atoms with van der Waals surface area (Å²) in [5, 5.41) is 8.81. The number of halogens is 1. The largest absolute Gasteiger partial charge is 0.367 e. The van der Waals surface area contributed by atoms with E-state index in [0.717, 1.165) is 13.0 Å². The fourth-order valence-corrected chi connectivity index (χ4v) is 3.01. The number of fused-ring (bicyclic) bond motifs is 1. The molecule has 2 aromatic carbocycles. The maximum atomic E-state index is 14.1. The summed E-state index contributed by atoms with van der Waals surface area (Å²) in [4.78, 5) is 2.23.